The molecule has 0 saturated carbocycles. The van der Waals surface area contributed by atoms with Crippen LogP contribution in [0.4, 0.5) is 10.5 Å². The Morgan fingerprint density at radius 1 is 1.07 bits per heavy atom. The Labute approximate surface area is 185 Å². The highest BCUT2D eigenvalue weighted by atomic mass is 35.5. The molecule has 1 aromatic rings. The fourth-order valence-electron chi connectivity index (χ4n) is 3.73. The molecule has 7 nitrogen and oxygen atoms in total. The number of alkyl carbamates (subject to hydrolysis) is 1. The number of likely N-dealkylation sites (tertiary alicyclic amines) is 1. The molecule has 2 heterocycles. The summed E-state index contributed by atoms with van der Waals surface area (Å²) in [7, 11) is 0. The predicted molar refractivity (Wildman–Crippen MR) is 119 cm³/mol. The SMILES string of the molecule is CCNC(=O)OC(CN1CCN(c2ccccc2)CC1)CN1CCCC1=O.Cl.Cl. The number of hydrogen-bond donors (Lipinski definition) is 1. The van der Waals surface area contributed by atoms with Gasteiger partial charge in [-0.25, -0.2) is 4.79 Å². The zero-order valence-electron chi connectivity index (χ0n) is 16.9. The van der Waals surface area contributed by atoms with Crippen LogP contribution in [-0.2, 0) is 9.53 Å². The maximum atomic E-state index is 12.0. The number of nitrogens with one attached hydrogen (secondary N) is 1. The van der Waals surface area contributed by atoms with Gasteiger partial charge in [0.2, 0.25) is 5.91 Å². The molecule has 29 heavy (non-hydrogen) atoms. The number of anilines is 1. The van der Waals surface area contributed by atoms with E-state index >= 15 is 0 Å². The fourth-order valence-corrected chi connectivity index (χ4v) is 3.73. The zero-order valence-corrected chi connectivity index (χ0v) is 18.6. The maximum absolute atomic E-state index is 12.0. The molecule has 2 amide bonds. The molecule has 1 aromatic carbocycles. The number of benzene rings is 1. The minimum atomic E-state index is -0.405. The van der Waals surface area contributed by atoms with E-state index < -0.39 is 6.09 Å². The van der Waals surface area contributed by atoms with Gasteiger partial charge in [0, 0.05) is 57.9 Å². The van der Waals surface area contributed by atoms with Crippen LogP contribution in [0.25, 0.3) is 0 Å². The second kappa shape index (κ2) is 12.8. The number of carbonyl (C=O) groups is 2. The second-order valence-corrected chi connectivity index (χ2v) is 7.12. The van der Waals surface area contributed by atoms with Gasteiger partial charge in [0.1, 0.15) is 6.10 Å². The standard InChI is InChI=1S/C20H30N4O3.2ClH/c1-2-21-20(26)27-18(16-24-10-6-9-19(24)25)15-22-11-13-23(14-12-22)17-7-4-3-5-8-17;;/h3-5,7-8,18H,2,6,9-16H2,1H3,(H,21,26);2*1H. The highest BCUT2D eigenvalue weighted by Crippen LogP contribution is 2.17. The van der Waals surface area contributed by atoms with E-state index in [1.165, 1.54) is 5.69 Å². The van der Waals surface area contributed by atoms with Crippen molar-refractivity contribution in [1.82, 2.24) is 15.1 Å². The number of carbonyl (C=O) groups excluding carboxylic acids is 2. The molecule has 1 unspecified atom stereocenters. The zero-order chi connectivity index (χ0) is 19.1. The molecule has 3 rings (SSSR count). The summed E-state index contributed by atoms with van der Waals surface area (Å²) < 4.78 is 5.62. The molecule has 2 saturated heterocycles. The first-order valence-corrected chi connectivity index (χ1v) is 9.90. The van der Waals surface area contributed by atoms with Crippen LogP contribution in [0.2, 0.25) is 0 Å². The quantitative estimate of drug-likeness (QED) is 0.696. The minimum Gasteiger partial charge on any atom is -0.443 e. The normalized spacial score (nSPS) is 17.9. The molecule has 2 aliphatic heterocycles. The molecule has 2 fully saturated rings. The van der Waals surface area contributed by atoms with E-state index in [9.17, 15) is 9.59 Å². The maximum Gasteiger partial charge on any atom is 0.407 e. The number of piperazine rings is 1. The summed E-state index contributed by atoms with van der Waals surface area (Å²) in [5, 5.41) is 2.69. The first-order chi connectivity index (χ1) is 13.2. The van der Waals surface area contributed by atoms with E-state index in [-0.39, 0.29) is 36.8 Å². The van der Waals surface area contributed by atoms with Crippen LogP contribution in [0.5, 0.6) is 0 Å². The first kappa shape index (κ1) is 25.3. The molecular weight excluding hydrogens is 415 g/mol. The third-order valence-corrected chi connectivity index (χ3v) is 5.15. The van der Waals surface area contributed by atoms with Crippen LogP contribution in [0, 0.1) is 0 Å². The van der Waals surface area contributed by atoms with Crippen molar-refractivity contribution >= 4 is 42.5 Å². The molecule has 9 heteroatoms. The Morgan fingerprint density at radius 2 is 1.76 bits per heavy atom. The van der Waals surface area contributed by atoms with Crippen LogP contribution in [0.1, 0.15) is 19.8 Å². The average Bonchev–Trinajstić information content (AvgIpc) is 3.08. The molecule has 0 radical (unpaired) electrons. The average molecular weight is 447 g/mol. The summed E-state index contributed by atoms with van der Waals surface area (Å²) in [5.74, 6) is 0.161. The van der Waals surface area contributed by atoms with Crippen LogP contribution in [-0.4, -0.2) is 80.3 Å². The fraction of sp³-hybridized carbons (Fsp3) is 0.600. The van der Waals surface area contributed by atoms with Gasteiger partial charge < -0.3 is 19.9 Å². The van der Waals surface area contributed by atoms with Crippen molar-refractivity contribution in [3.8, 4) is 0 Å². The van der Waals surface area contributed by atoms with Gasteiger partial charge in [0.15, 0.2) is 0 Å². The smallest absolute Gasteiger partial charge is 0.407 e. The molecule has 1 N–H and O–H groups in total. The molecule has 0 spiro atoms. The van der Waals surface area contributed by atoms with Crippen molar-refractivity contribution in [3.05, 3.63) is 30.3 Å². The summed E-state index contributed by atoms with van der Waals surface area (Å²) >= 11 is 0. The van der Waals surface area contributed by atoms with Gasteiger partial charge >= 0.3 is 6.09 Å². The Kier molecular flexibility index (Phi) is 11.2. The molecule has 2 aliphatic rings. The molecular formula is C20H32Cl2N4O3. The summed E-state index contributed by atoms with van der Waals surface area (Å²) in [4.78, 5) is 30.4. The van der Waals surface area contributed by atoms with E-state index in [0.29, 0.717) is 26.1 Å². The third kappa shape index (κ3) is 7.57. The van der Waals surface area contributed by atoms with Gasteiger partial charge in [-0.2, -0.15) is 0 Å². The van der Waals surface area contributed by atoms with Gasteiger partial charge in [0.05, 0.1) is 6.54 Å². The Balaban J connectivity index is 0.00000210. The van der Waals surface area contributed by atoms with Crippen molar-refractivity contribution in [1.29, 1.82) is 0 Å². The van der Waals surface area contributed by atoms with Gasteiger partial charge in [-0.3, -0.25) is 9.69 Å². The van der Waals surface area contributed by atoms with Crippen molar-refractivity contribution < 1.29 is 14.3 Å². The summed E-state index contributed by atoms with van der Waals surface area (Å²) in [6.45, 7) is 8.01. The minimum absolute atomic E-state index is 0. The van der Waals surface area contributed by atoms with Crippen LogP contribution >= 0.6 is 24.8 Å². The predicted octanol–water partition coefficient (Wildman–Crippen LogP) is 2.39. The highest BCUT2D eigenvalue weighted by Gasteiger charge is 2.28. The van der Waals surface area contributed by atoms with Crippen LogP contribution in [0.15, 0.2) is 30.3 Å². The second-order valence-electron chi connectivity index (χ2n) is 7.12. The first-order valence-electron chi connectivity index (χ1n) is 9.90. The molecule has 0 bridgehead atoms. The third-order valence-electron chi connectivity index (χ3n) is 5.15. The van der Waals surface area contributed by atoms with Gasteiger partial charge in [0.25, 0.3) is 0 Å². The van der Waals surface area contributed by atoms with E-state index in [4.69, 9.17) is 4.74 Å². The number of hydrogen-bond acceptors (Lipinski definition) is 5. The van der Waals surface area contributed by atoms with E-state index in [0.717, 1.165) is 39.1 Å². The van der Waals surface area contributed by atoms with Crippen molar-refractivity contribution in [2.75, 3.05) is 57.3 Å². The van der Waals surface area contributed by atoms with E-state index in [1.807, 2.05) is 17.9 Å². The van der Waals surface area contributed by atoms with Crippen molar-refractivity contribution in [2.24, 2.45) is 0 Å². The summed E-state index contributed by atoms with van der Waals surface area (Å²) in [6, 6.07) is 10.4. The van der Waals surface area contributed by atoms with Gasteiger partial charge in [-0.05, 0) is 25.5 Å². The van der Waals surface area contributed by atoms with E-state index in [2.05, 4.69) is 39.4 Å². The molecule has 164 valence electrons. The monoisotopic (exact) mass is 446 g/mol. The van der Waals surface area contributed by atoms with Crippen LogP contribution < -0.4 is 10.2 Å². The number of rotatable bonds is 7. The lowest BCUT2D eigenvalue weighted by molar-refractivity contribution is -0.129. The van der Waals surface area contributed by atoms with Crippen molar-refractivity contribution in [2.45, 2.75) is 25.9 Å². The number of para-hydroxylation sites is 1. The van der Waals surface area contributed by atoms with E-state index in [1.54, 1.807) is 0 Å². The molecule has 0 aliphatic carbocycles. The molecule has 0 aromatic heterocycles. The van der Waals surface area contributed by atoms with Crippen molar-refractivity contribution in [3.63, 3.8) is 0 Å². The Morgan fingerprint density at radius 3 is 2.34 bits per heavy atom. The highest BCUT2D eigenvalue weighted by molar-refractivity contribution is 5.85. The lowest BCUT2D eigenvalue weighted by atomic mass is 10.2. The summed E-state index contributed by atoms with van der Waals surface area (Å²) in [5.41, 5.74) is 1.25. The van der Waals surface area contributed by atoms with Gasteiger partial charge in [-0.15, -0.1) is 24.8 Å². The summed E-state index contributed by atoms with van der Waals surface area (Å²) in [6.07, 6.45) is 0.783. The number of amides is 2. The number of halogens is 2. The molecule has 1 atom stereocenters. The largest absolute Gasteiger partial charge is 0.443 e. The Hall–Kier alpha value is -1.70. The lowest BCUT2D eigenvalue weighted by Crippen LogP contribution is -2.51. The number of nitrogens with zero attached hydrogens (tertiary/aromatic N) is 3. The Bertz CT molecular complexity index is 627. The lowest BCUT2D eigenvalue weighted by Gasteiger charge is -2.38. The topological polar surface area (TPSA) is 65.1 Å². The van der Waals surface area contributed by atoms with Gasteiger partial charge in [-0.1, -0.05) is 18.2 Å². The number of ether oxygens (including phenoxy) is 1. The van der Waals surface area contributed by atoms with Crippen LogP contribution in [0.3, 0.4) is 0 Å².